The van der Waals surface area contributed by atoms with Gasteiger partial charge in [0.15, 0.2) is 6.79 Å². The van der Waals surface area contributed by atoms with Crippen LogP contribution in [0.1, 0.15) is 149 Å². The Balaban J connectivity index is 2.16. The van der Waals surface area contributed by atoms with E-state index < -0.39 is 8.60 Å². The predicted octanol–water partition coefficient (Wildman–Crippen LogP) is 11.2. The summed E-state index contributed by atoms with van der Waals surface area (Å²) < 4.78 is 17.7. The lowest BCUT2D eigenvalue weighted by molar-refractivity contribution is -0.0154. The van der Waals surface area contributed by atoms with Crippen LogP contribution >= 0.6 is 8.60 Å². The Morgan fingerprint density at radius 2 is 1.20 bits per heavy atom. The summed E-state index contributed by atoms with van der Waals surface area (Å²) in [5.74, 6) is 0. The lowest BCUT2D eigenvalue weighted by Crippen LogP contribution is -2.36. The van der Waals surface area contributed by atoms with Crippen LogP contribution < -0.4 is 0 Å². The molecule has 0 aliphatic carbocycles. The fourth-order valence-electron chi connectivity index (χ4n) is 5.90. The second-order valence-electron chi connectivity index (χ2n) is 16.4. The standard InChI is InChI=1S/C37H59O3P/c1-14-15-21-37(25-38-41-39-26-40-41,30-19-18-29(34(5,6)7)24-32(30)36(11,12)13)22-20-27-16-17-28(33(2,3)4)23-31(27)35(8,9)10/h16-19,23-24H,14-15,20-22,25-26H2,1-13H3. The quantitative estimate of drug-likeness (QED) is 0.261. The van der Waals surface area contributed by atoms with Crippen molar-refractivity contribution in [1.29, 1.82) is 0 Å². The van der Waals surface area contributed by atoms with E-state index in [0.717, 1.165) is 32.1 Å². The third kappa shape index (κ3) is 8.66. The first-order chi connectivity index (χ1) is 18.8. The van der Waals surface area contributed by atoms with Gasteiger partial charge in [-0.25, -0.2) is 0 Å². The summed E-state index contributed by atoms with van der Waals surface area (Å²) in [4.78, 5) is 0. The maximum absolute atomic E-state index is 6.43. The number of hydrogen-bond donors (Lipinski definition) is 0. The highest BCUT2D eigenvalue weighted by Gasteiger charge is 2.39. The molecule has 0 saturated carbocycles. The van der Waals surface area contributed by atoms with Gasteiger partial charge in [0.05, 0.1) is 6.61 Å². The molecular formula is C37H59O3P. The van der Waals surface area contributed by atoms with E-state index in [9.17, 15) is 0 Å². The molecule has 0 spiro atoms. The van der Waals surface area contributed by atoms with E-state index in [0.29, 0.717) is 13.4 Å². The van der Waals surface area contributed by atoms with Crippen molar-refractivity contribution in [2.75, 3.05) is 13.4 Å². The molecule has 1 atom stereocenters. The number of hydrogen-bond acceptors (Lipinski definition) is 3. The zero-order valence-corrected chi connectivity index (χ0v) is 29.5. The third-order valence-corrected chi connectivity index (χ3v) is 9.67. The molecule has 1 fully saturated rings. The maximum atomic E-state index is 6.43. The van der Waals surface area contributed by atoms with Crippen molar-refractivity contribution in [1.82, 2.24) is 0 Å². The fourth-order valence-corrected chi connectivity index (χ4v) is 6.60. The van der Waals surface area contributed by atoms with Gasteiger partial charge in [0.1, 0.15) is 0 Å². The molecule has 230 valence electrons. The first-order valence-electron chi connectivity index (χ1n) is 15.8. The molecule has 3 nitrogen and oxygen atoms in total. The molecule has 2 aromatic rings. The van der Waals surface area contributed by atoms with Crippen LogP contribution in [0, 0.1) is 0 Å². The second kappa shape index (κ2) is 12.8. The maximum Gasteiger partial charge on any atom is 0.337 e. The number of benzene rings is 2. The summed E-state index contributed by atoms with van der Waals surface area (Å²) in [6.45, 7) is 31.2. The molecule has 0 radical (unpaired) electrons. The van der Waals surface area contributed by atoms with E-state index in [1.54, 1.807) is 0 Å². The minimum atomic E-state index is -1.24. The van der Waals surface area contributed by atoms with Gasteiger partial charge in [-0.3, -0.25) is 9.05 Å². The third-order valence-electron chi connectivity index (χ3n) is 8.69. The van der Waals surface area contributed by atoms with Crippen LogP contribution in [-0.2, 0) is 47.1 Å². The number of aryl methyl sites for hydroxylation is 1. The van der Waals surface area contributed by atoms with Crippen LogP contribution in [0.2, 0.25) is 0 Å². The van der Waals surface area contributed by atoms with Gasteiger partial charge in [-0.2, -0.15) is 0 Å². The van der Waals surface area contributed by atoms with E-state index in [1.165, 1.54) is 33.4 Å². The number of rotatable bonds is 10. The molecule has 4 heteroatoms. The fraction of sp³-hybridized carbons (Fsp3) is 0.676. The van der Waals surface area contributed by atoms with Crippen LogP contribution in [-0.4, -0.2) is 13.4 Å². The van der Waals surface area contributed by atoms with Gasteiger partial charge in [0.25, 0.3) is 0 Å². The highest BCUT2D eigenvalue weighted by atomic mass is 31.2. The summed E-state index contributed by atoms with van der Waals surface area (Å²) in [7, 11) is -1.24. The highest BCUT2D eigenvalue weighted by Crippen LogP contribution is 2.51. The Hall–Kier alpha value is -1.25. The van der Waals surface area contributed by atoms with Crippen molar-refractivity contribution in [2.24, 2.45) is 0 Å². The van der Waals surface area contributed by atoms with E-state index in [-0.39, 0.29) is 27.1 Å². The summed E-state index contributed by atoms with van der Waals surface area (Å²) in [5, 5.41) is 0. The lowest BCUT2D eigenvalue weighted by atomic mass is 9.66. The first kappa shape index (κ1) is 34.2. The van der Waals surface area contributed by atoms with E-state index in [1.807, 2.05) is 0 Å². The topological polar surface area (TPSA) is 27.7 Å². The van der Waals surface area contributed by atoms with Crippen molar-refractivity contribution in [3.63, 3.8) is 0 Å². The van der Waals surface area contributed by atoms with Gasteiger partial charge in [-0.15, -0.1) is 0 Å². The smallest absolute Gasteiger partial charge is 0.311 e. The van der Waals surface area contributed by atoms with Crippen LogP contribution in [0.4, 0.5) is 0 Å². The first-order valence-corrected chi connectivity index (χ1v) is 16.9. The lowest BCUT2D eigenvalue weighted by Gasteiger charge is -2.41. The van der Waals surface area contributed by atoms with Gasteiger partial charge in [0, 0.05) is 5.41 Å². The molecule has 0 N–H and O–H groups in total. The van der Waals surface area contributed by atoms with E-state index in [4.69, 9.17) is 13.6 Å². The SMILES string of the molecule is CCCCC(CCc1ccc(C(C)(C)C)cc1C(C)(C)C)(COP1OCO1)c1ccc(C(C)(C)C)cc1C(C)(C)C. The van der Waals surface area contributed by atoms with Crippen LogP contribution in [0.5, 0.6) is 0 Å². The minimum absolute atomic E-state index is 0.00773. The molecule has 1 heterocycles. The summed E-state index contributed by atoms with van der Waals surface area (Å²) in [6.07, 6.45) is 5.42. The molecule has 41 heavy (non-hydrogen) atoms. The van der Waals surface area contributed by atoms with Crippen LogP contribution in [0.15, 0.2) is 36.4 Å². The molecule has 3 rings (SSSR count). The van der Waals surface area contributed by atoms with Crippen LogP contribution in [0.25, 0.3) is 0 Å². The molecule has 0 bridgehead atoms. The Labute approximate surface area is 254 Å². The molecule has 1 aliphatic rings. The summed E-state index contributed by atoms with van der Waals surface area (Å²) >= 11 is 0. The minimum Gasteiger partial charge on any atom is -0.311 e. The molecule has 0 aromatic heterocycles. The van der Waals surface area contributed by atoms with E-state index in [2.05, 4.69) is 126 Å². The van der Waals surface area contributed by atoms with Gasteiger partial charge in [-0.05, 0) is 74.3 Å². The van der Waals surface area contributed by atoms with Crippen molar-refractivity contribution >= 4 is 8.60 Å². The Bertz CT molecular complexity index is 1150. The van der Waals surface area contributed by atoms with Gasteiger partial charge in [-0.1, -0.05) is 139 Å². The zero-order valence-electron chi connectivity index (χ0n) is 28.6. The summed E-state index contributed by atoms with van der Waals surface area (Å²) in [5.41, 5.74) is 8.74. The average molecular weight is 583 g/mol. The van der Waals surface area contributed by atoms with Crippen molar-refractivity contribution in [3.05, 3.63) is 69.8 Å². The van der Waals surface area contributed by atoms with Crippen molar-refractivity contribution in [2.45, 2.75) is 149 Å². The monoisotopic (exact) mass is 582 g/mol. The largest absolute Gasteiger partial charge is 0.337 e. The Morgan fingerprint density at radius 1 is 0.659 bits per heavy atom. The van der Waals surface area contributed by atoms with Crippen molar-refractivity contribution in [3.8, 4) is 0 Å². The van der Waals surface area contributed by atoms with Gasteiger partial charge in [0.2, 0.25) is 0 Å². The summed E-state index contributed by atoms with van der Waals surface area (Å²) in [6, 6.07) is 14.5. The predicted molar refractivity (Wildman–Crippen MR) is 177 cm³/mol. The Morgan fingerprint density at radius 3 is 1.66 bits per heavy atom. The highest BCUT2D eigenvalue weighted by molar-refractivity contribution is 7.42. The van der Waals surface area contributed by atoms with Gasteiger partial charge < -0.3 is 4.52 Å². The van der Waals surface area contributed by atoms with Crippen LogP contribution in [0.3, 0.4) is 0 Å². The second-order valence-corrected chi connectivity index (χ2v) is 17.6. The normalized spacial score (nSPS) is 16.9. The molecule has 1 aliphatic heterocycles. The Kier molecular flexibility index (Phi) is 10.7. The van der Waals surface area contributed by atoms with Gasteiger partial charge >= 0.3 is 8.60 Å². The molecular weight excluding hydrogens is 523 g/mol. The average Bonchev–Trinajstić information content (AvgIpc) is 2.81. The number of unbranched alkanes of at least 4 members (excludes halogenated alkanes) is 1. The molecule has 2 aromatic carbocycles. The van der Waals surface area contributed by atoms with Crippen molar-refractivity contribution < 1.29 is 13.6 Å². The molecule has 0 amide bonds. The van der Waals surface area contributed by atoms with E-state index >= 15 is 0 Å². The molecule has 1 unspecified atom stereocenters. The zero-order chi connectivity index (χ0) is 30.9. The molecule has 1 saturated heterocycles.